The molecule has 150 valence electrons. The smallest absolute Gasteiger partial charge is 0.410 e. The summed E-state index contributed by atoms with van der Waals surface area (Å²) in [6, 6.07) is 10.0. The van der Waals surface area contributed by atoms with Crippen LogP contribution in [0.5, 0.6) is 0 Å². The number of carbonyl (C=O) groups is 1. The number of hydrogen-bond donors (Lipinski definition) is 3. The van der Waals surface area contributed by atoms with Crippen molar-refractivity contribution in [2.75, 3.05) is 26.2 Å². The van der Waals surface area contributed by atoms with E-state index < -0.39 is 11.7 Å². The molecule has 1 unspecified atom stereocenters. The quantitative estimate of drug-likeness (QED) is 0.520. The highest BCUT2D eigenvalue weighted by Crippen LogP contribution is 2.15. The second-order valence-corrected chi connectivity index (χ2v) is 7.79. The number of amides is 1. The zero-order valence-electron chi connectivity index (χ0n) is 16.7. The van der Waals surface area contributed by atoms with Crippen molar-refractivity contribution in [3.63, 3.8) is 0 Å². The van der Waals surface area contributed by atoms with Crippen molar-refractivity contribution < 1.29 is 14.6 Å². The van der Waals surface area contributed by atoms with Crippen molar-refractivity contribution in [2.24, 2.45) is 4.99 Å². The van der Waals surface area contributed by atoms with E-state index in [0.29, 0.717) is 32.0 Å². The molecule has 0 radical (unpaired) electrons. The fourth-order valence-corrected chi connectivity index (χ4v) is 2.71. The minimum atomic E-state index is -0.539. The highest BCUT2D eigenvalue weighted by molar-refractivity contribution is 5.80. The maximum atomic E-state index is 12.0. The largest absolute Gasteiger partial charge is 0.444 e. The number of nitrogens with zero attached hydrogens (tertiary/aromatic N) is 2. The molecule has 1 atom stereocenters. The van der Waals surface area contributed by atoms with Crippen molar-refractivity contribution in [1.29, 1.82) is 0 Å². The third-order valence-corrected chi connectivity index (χ3v) is 3.99. The van der Waals surface area contributed by atoms with Crippen LogP contribution in [0.1, 0.15) is 33.3 Å². The molecular weight excluding hydrogens is 344 g/mol. The molecule has 1 fully saturated rings. The lowest BCUT2D eigenvalue weighted by Gasteiger charge is -2.40. The number of aliphatic hydroxyl groups is 1. The van der Waals surface area contributed by atoms with E-state index in [4.69, 9.17) is 4.74 Å². The second-order valence-electron chi connectivity index (χ2n) is 7.79. The summed E-state index contributed by atoms with van der Waals surface area (Å²) in [6.45, 7) is 9.75. The molecule has 1 aliphatic rings. The first kappa shape index (κ1) is 21.0. The molecule has 0 saturated carbocycles. The number of nitrogens with one attached hydrogen (secondary N) is 2. The Bertz CT molecular complexity index is 622. The van der Waals surface area contributed by atoms with Crippen LogP contribution in [0.15, 0.2) is 35.3 Å². The van der Waals surface area contributed by atoms with Crippen LogP contribution < -0.4 is 10.6 Å². The van der Waals surface area contributed by atoms with Crippen molar-refractivity contribution in [3.8, 4) is 0 Å². The normalized spacial score (nSPS) is 16.5. The third-order valence-electron chi connectivity index (χ3n) is 3.99. The van der Waals surface area contributed by atoms with Gasteiger partial charge in [-0.3, -0.25) is 4.99 Å². The first-order valence-electron chi connectivity index (χ1n) is 9.51. The predicted octanol–water partition coefficient (Wildman–Crippen LogP) is 1.76. The zero-order valence-corrected chi connectivity index (χ0v) is 16.7. The molecule has 1 amide bonds. The number of likely N-dealkylation sites (tertiary alicyclic amines) is 1. The van der Waals surface area contributed by atoms with Crippen molar-refractivity contribution >= 4 is 12.1 Å². The molecule has 1 aromatic rings. The van der Waals surface area contributed by atoms with Crippen LogP contribution in [0.4, 0.5) is 4.79 Å². The van der Waals surface area contributed by atoms with Gasteiger partial charge in [-0.25, -0.2) is 4.79 Å². The summed E-state index contributed by atoms with van der Waals surface area (Å²) >= 11 is 0. The van der Waals surface area contributed by atoms with Gasteiger partial charge < -0.3 is 25.4 Å². The molecule has 0 bridgehead atoms. The van der Waals surface area contributed by atoms with Gasteiger partial charge in [-0.15, -0.1) is 0 Å². The first-order chi connectivity index (χ1) is 12.8. The molecule has 1 heterocycles. The van der Waals surface area contributed by atoms with Gasteiger partial charge in [0.1, 0.15) is 5.60 Å². The van der Waals surface area contributed by atoms with Crippen LogP contribution in [0.2, 0.25) is 0 Å². The van der Waals surface area contributed by atoms with Gasteiger partial charge in [0.2, 0.25) is 0 Å². The summed E-state index contributed by atoms with van der Waals surface area (Å²) in [6.07, 6.45) is -0.261. The van der Waals surface area contributed by atoms with Gasteiger partial charge in [0.15, 0.2) is 5.96 Å². The third kappa shape index (κ3) is 7.46. The summed E-state index contributed by atoms with van der Waals surface area (Å²) in [4.78, 5) is 18.1. The highest BCUT2D eigenvalue weighted by Gasteiger charge is 2.34. The van der Waals surface area contributed by atoms with Gasteiger partial charge in [-0.2, -0.15) is 0 Å². The van der Waals surface area contributed by atoms with Crippen LogP contribution in [0, 0.1) is 0 Å². The Morgan fingerprint density at radius 3 is 2.59 bits per heavy atom. The Hall–Kier alpha value is -2.28. The van der Waals surface area contributed by atoms with E-state index in [9.17, 15) is 9.90 Å². The van der Waals surface area contributed by atoms with Gasteiger partial charge in [0.25, 0.3) is 0 Å². The number of ether oxygens (including phenoxy) is 1. The van der Waals surface area contributed by atoms with E-state index in [-0.39, 0.29) is 12.1 Å². The minimum Gasteiger partial charge on any atom is -0.444 e. The molecule has 1 saturated heterocycles. The summed E-state index contributed by atoms with van der Waals surface area (Å²) < 4.78 is 5.36. The fraction of sp³-hybridized carbons (Fsp3) is 0.600. The summed E-state index contributed by atoms with van der Waals surface area (Å²) in [7, 11) is 0. The fourth-order valence-electron chi connectivity index (χ4n) is 2.71. The molecule has 0 spiro atoms. The number of guanidine groups is 1. The van der Waals surface area contributed by atoms with Crippen LogP contribution in [0.3, 0.4) is 0 Å². The number of rotatable bonds is 6. The van der Waals surface area contributed by atoms with E-state index in [2.05, 4.69) is 15.6 Å². The van der Waals surface area contributed by atoms with Gasteiger partial charge in [0.05, 0.1) is 18.7 Å². The lowest BCUT2D eigenvalue weighted by molar-refractivity contribution is 0.00701. The molecule has 7 heteroatoms. The Morgan fingerprint density at radius 2 is 2.00 bits per heavy atom. The van der Waals surface area contributed by atoms with Crippen molar-refractivity contribution in [3.05, 3.63) is 35.9 Å². The van der Waals surface area contributed by atoms with Gasteiger partial charge in [-0.05, 0) is 33.3 Å². The minimum absolute atomic E-state index is 0.126. The SMILES string of the molecule is CCNC(=NCC(O)Cc1ccccc1)NC1CN(C(=O)OC(C)(C)C)C1. The van der Waals surface area contributed by atoms with E-state index in [0.717, 1.165) is 12.1 Å². The second kappa shape index (κ2) is 9.60. The van der Waals surface area contributed by atoms with Crippen LogP contribution in [-0.2, 0) is 11.2 Å². The number of hydrogen-bond acceptors (Lipinski definition) is 4. The summed E-state index contributed by atoms with van der Waals surface area (Å²) in [5.74, 6) is 0.651. The first-order valence-corrected chi connectivity index (χ1v) is 9.51. The maximum absolute atomic E-state index is 12.0. The van der Waals surface area contributed by atoms with Crippen molar-refractivity contribution in [2.45, 2.75) is 51.9 Å². The van der Waals surface area contributed by atoms with Crippen LogP contribution in [0.25, 0.3) is 0 Å². The lowest BCUT2D eigenvalue weighted by atomic mass is 10.1. The zero-order chi connectivity index (χ0) is 19.9. The molecule has 1 aliphatic heterocycles. The Kier molecular flexibility index (Phi) is 7.47. The topological polar surface area (TPSA) is 86.2 Å². The Balaban J connectivity index is 1.78. The van der Waals surface area contributed by atoms with E-state index in [1.165, 1.54) is 0 Å². The number of aliphatic hydroxyl groups excluding tert-OH is 1. The summed E-state index contributed by atoms with van der Waals surface area (Å²) in [5, 5.41) is 16.7. The molecule has 0 aliphatic carbocycles. The molecule has 3 N–H and O–H groups in total. The van der Waals surface area contributed by atoms with Gasteiger partial charge in [0, 0.05) is 26.1 Å². The van der Waals surface area contributed by atoms with E-state index in [1.807, 2.05) is 58.0 Å². The Morgan fingerprint density at radius 1 is 1.33 bits per heavy atom. The van der Waals surface area contributed by atoms with Gasteiger partial charge >= 0.3 is 6.09 Å². The maximum Gasteiger partial charge on any atom is 0.410 e. The van der Waals surface area contributed by atoms with Crippen LogP contribution in [-0.4, -0.2) is 66.0 Å². The average molecular weight is 377 g/mol. The summed E-state index contributed by atoms with van der Waals surface area (Å²) in [5.41, 5.74) is 0.603. The predicted molar refractivity (Wildman–Crippen MR) is 107 cm³/mol. The Labute approximate surface area is 161 Å². The molecular formula is C20H32N4O3. The monoisotopic (exact) mass is 376 g/mol. The van der Waals surface area contributed by atoms with Gasteiger partial charge in [-0.1, -0.05) is 30.3 Å². The molecule has 7 nitrogen and oxygen atoms in total. The molecule has 27 heavy (non-hydrogen) atoms. The van der Waals surface area contributed by atoms with Crippen LogP contribution >= 0.6 is 0 Å². The van der Waals surface area contributed by atoms with Crippen molar-refractivity contribution in [1.82, 2.24) is 15.5 Å². The molecule has 1 aromatic carbocycles. The number of aliphatic imine (C=N–C) groups is 1. The molecule has 2 rings (SSSR count). The average Bonchev–Trinajstić information content (AvgIpc) is 2.54. The lowest BCUT2D eigenvalue weighted by Crippen LogP contribution is -2.63. The number of benzene rings is 1. The standard InChI is InChI=1S/C20H32N4O3/c1-5-21-18(22-12-17(25)11-15-9-7-6-8-10-15)23-16-13-24(14-16)19(26)27-20(2,3)4/h6-10,16-17,25H,5,11-14H2,1-4H3,(H2,21,22,23). The van der Waals surface area contributed by atoms with E-state index >= 15 is 0 Å². The molecule has 0 aromatic heterocycles. The van der Waals surface area contributed by atoms with E-state index in [1.54, 1.807) is 4.90 Å². The highest BCUT2D eigenvalue weighted by atomic mass is 16.6. The number of carbonyl (C=O) groups excluding carboxylic acids is 1.